The number of nitro groups is 1. The molecule has 0 aromatic carbocycles. The third-order valence-corrected chi connectivity index (χ3v) is 2.44. The van der Waals surface area contributed by atoms with Crippen LogP contribution in [-0.2, 0) is 4.79 Å². The second kappa shape index (κ2) is 6.37. The Labute approximate surface area is 89.6 Å². The summed E-state index contributed by atoms with van der Waals surface area (Å²) in [7, 11) is 0. The van der Waals surface area contributed by atoms with E-state index in [-0.39, 0.29) is 23.2 Å². The molecule has 2 atom stereocenters. The van der Waals surface area contributed by atoms with Gasteiger partial charge in [0.1, 0.15) is 0 Å². The summed E-state index contributed by atoms with van der Waals surface area (Å²) in [4.78, 5) is 21.0. The van der Waals surface area contributed by atoms with E-state index in [1.165, 1.54) is 0 Å². The fraction of sp³-hybridized carbons (Fsp3) is 0.900. The van der Waals surface area contributed by atoms with Gasteiger partial charge < -0.3 is 5.11 Å². The SMILES string of the molecule is CCC(C(CC(=O)O)CC(C)C)[N+](=O)[O-]. The quantitative estimate of drug-likeness (QED) is 0.523. The first kappa shape index (κ1) is 13.9. The number of carboxylic acid groups (broad SMARTS) is 1. The highest BCUT2D eigenvalue weighted by molar-refractivity contribution is 5.67. The first-order chi connectivity index (χ1) is 6.88. The molecule has 5 nitrogen and oxygen atoms in total. The van der Waals surface area contributed by atoms with Crippen LogP contribution in [0.4, 0.5) is 0 Å². The molecule has 0 saturated carbocycles. The number of rotatable bonds is 7. The molecule has 0 radical (unpaired) electrons. The molecule has 2 unspecified atom stereocenters. The summed E-state index contributed by atoms with van der Waals surface area (Å²) in [5, 5.41) is 19.4. The average Bonchev–Trinajstić information content (AvgIpc) is 2.01. The minimum absolute atomic E-state index is 0.113. The molecule has 0 aliphatic rings. The number of carboxylic acids is 1. The van der Waals surface area contributed by atoms with E-state index < -0.39 is 12.0 Å². The highest BCUT2D eigenvalue weighted by Crippen LogP contribution is 2.23. The van der Waals surface area contributed by atoms with Crippen molar-refractivity contribution in [2.45, 2.75) is 46.1 Å². The van der Waals surface area contributed by atoms with E-state index in [2.05, 4.69) is 0 Å². The maximum absolute atomic E-state index is 10.7. The molecule has 0 spiro atoms. The van der Waals surface area contributed by atoms with Crippen molar-refractivity contribution in [3.8, 4) is 0 Å². The summed E-state index contributed by atoms with van der Waals surface area (Å²) in [6, 6.07) is -0.733. The topological polar surface area (TPSA) is 80.4 Å². The summed E-state index contributed by atoms with van der Waals surface area (Å²) in [6.45, 7) is 5.62. The van der Waals surface area contributed by atoms with Crippen LogP contribution in [0.5, 0.6) is 0 Å². The Hall–Kier alpha value is -1.13. The van der Waals surface area contributed by atoms with E-state index in [0.717, 1.165) is 0 Å². The van der Waals surface area contributed by atoms with Gasteiger partial charge in [0.2, 0.25) is 6.04 Å². The van der Waals surface area contributed by atoms with Gasteiger partial charge in [0, 0.05) is 17.3 Å². The maximum Gasteiger partial charge on any atom is 0.303 e. The fourth-order valence-corrected chi connectivity index (χ4v) is 1.86. The molecule has 1 N–H and O–H groups in total. The lowest BCUT2D eigenvalue weighted by atomic mass is 9.87. The van der Waals surface area contributed by atoms with Crippen molar-refractivity contribution in [3.63, 3.8) is 0 Å². The number of nitrogens with zero attached hydrogens (tertiary/aromatic N) is 1. The van der Waals surface area contributed by atoms with Gasteiger partial charge >= 0.3 is 5.97 Å². The molecule has 15 heavy (non-hydrogen) atoms. The minimum atomic E-state index is -0.957. The van der Waals surface area contributed by atoms with E-state index >= 15 is 0 Å². The van der Waals surface area contributed by atoms with Crippen molar-refractivity contribution in [3.05, 3.63) is 10.1 Å². The molecule has 5 heteroatoms. The zero-order chi connectivity index (χ0) is 12.0. The summed E-state index contributed by atoms with van der Waals surface area (Å²) >= 11 is 0. The molecule has 0 fully saturated rings. The second-order valence-corrected chi connectivity index (χ2v) is 4.25. The summed E-state index contributed by atoms with van der Waals surface area (Å²) in [5.74, 6) is -1.04. The van der Waals surface area contributed by atoms with Gasteiger partial charge in [0.25, 0.3) is 0 Å². The van der Waals surface area contributed by atoms with E-state index in [0.29, 0.717) is 12.8 Å². The third kappa shape index (κ3) is 5.34. The predicted molar refractivity (Wildman–Crippen MR) is 56.3 cm³/mol. The summed E-state index contributed by atoms with van der Waals surface area (Å²) < 4.78 is 0. The normalized spacial score (nSPS) is 14.9. The Balaban J connectivity index is 4.57. The van der Waals surface area contributed by atoms with Crippen LogP contribution in [0.2, 0.25) is 0 Å². The van der Waals surface area contributed by atoms with Gasteiger partial charge in [-0.25, -0.2) is 0 Å². The standard InChI is InChI=1S/C10H19NO4/c1-4-9(11(14)15)8(5-7(2)3)6-10(12)13/h7-9H,4-6H2,1-3H3,(H,12,13). The van der Waals surface area contributed by atoms with Crippen LogP contribution in [0, 0.1) is 22.0 Å². The molecule has 0 bridgehead atoms. The Kier molecular flexibility index (Phi) is 5.89. The van der Waals surface area contributed by atoms with Gasteiger partial charge in [-0.1, -0.05) is 20.8 Å². The van der Waals surface area contributed by atoms with Crippen molar-refractivity contribution in [2.24, 2.45) is 11.8 Å². The monoisotopic (exact) mass is 217 g/mol. The third-order valence-electron chi connectivity index (χ3n) is 2.44. The molecule has 88 valence electrons. The summed E-state index contributed by atoms with van der Waals surface area (Å²) in [5.41, 5.74) is 0. The highest BCUT2D eigenvalue weighted by atomic mass is 16.6. The number of hydrogen-bond donors (Lipinski definition) is 1. The molecule has 0 rings (SSSR count). The minimum Gasteiger partial charge on any atom is -0.481 e. The molecular formula is C10H19NO4. The van der Waals surface area contributed by atoms with E-state index in [9.17, 15) is 14.9 Å². The molecule has 0 aromatic heterocycles. The molecule has 0 saturated heterocycles. The Bertz CT molecular complexity index is 227. The first-order valence-corrected chi connectivity index (χ1v) is 5.23. The van der Waals surface area contributed by atoms with Crippen LogP contribution in [0.3, 0.4) is 0 Å². The smallest absolute Gasteiger partial charge is 0.303 e. The Morgan fingerprint density at radius 1 is 1.47 bits per heavy atom. The summed E-state index contributed by atoms with van der Waals surface area (Å²) in [6.07, 6.45) is 0.862. The fourth-order valence-electron chi connectivity index (χ4n) is 1.86. The molecule has 0 aromatic rings. The van der Waals surface area contributed by atoms with Crippen LogP contribution >= 0.6 is 0 Å². The van der Waals surface area contributed by atoms with Crippen LogP contribution in [0.1, 0.15) is 40.0 Å². The predicted octanol–water partition coefficient (Wildman–Crippen LogP) is 2.18. The van der Waals surface area contributed by atoms with Gasteiger partial charge in [-0.05, 0) is 12.3 Å². The van der Waals surface area contributed by atoms with Gasteiger partial charge in [-0.15, -0.1) is 0 Å². The molecule has 0 amide bonds. The first-order valence-electron chi connectivity index (χ1n) is 5.23. The highest BCUT2D eigenvalue weighted by Gasteiger charge is 2.31. The second-order valence-electron chi connectivity index (χ2n) is 4.25. The van der Waals surface area contributed by atoms with E-state index in [4.69, 9.17) is 5.11 Å². The Morgan fingerprint density at radius 2 is 2.00 bits per heavy atom. The van der Waals surface area contributed by atoms with Crippen molar-refractivity contribution in [2.75, 3.05) is 0 Å². The van der Waals surface area contributed by atoms with Crippen molar-refractivity contribution in [1.29, 1.82) is 0 Å². The molecule has 0 heterocycles. The van der Waals surface area contributed by atoms with E-state index in [1.807, 2.05) is 13.8 Å². The maximum atomic E-state index is 10.7. The largest absolute Gasteiger partial charge is 0.481 e. The lowest BCUT2D eigenvalue weighted by Gasteiger charge is -2.19. The lowest BCUT2D eigenvalue weighted by Crippen LogP contribution is -2.31. The van der Waals surface area contributed by atoms with E-state index in [1.54, 1.807) is 6.92 Å². The van der Waals surface area contributed by atoms with Crippen LogP contribution in [0.25, 0.3) is 0 Å². The average molecular weight is 217 g/mol. The zero-order valence-electron chi connectivity index (χ0n) is 9.47. The molecular weight excluding hydrogens is 198 g/mol. The van der Waals surface area contributed by atoms with Crippen LogP contribution < -0.4 is 0 Å². The van der Waals surface area contributed by atoms with Crippen LogP contribution in [-0.4, -0.2) is 22.0 Å². The van der Waals surface area contributed by atoms with Gasteiger partial charge in [-0.3, -0.25) is 14.9 Å². The number of carbonyl (C=O) groups is 1. The number of hydrogen-bond acceptors (Lipinski definition) is 3. The number of aliphatic carboxylic acids is 1. The van der Waals surface area contributed by atoms with Gasteiger partial charge in [0.05, 0.1) is 6.42 Å². The molecule has 0 aliphatic carbocycles. The van der Waals surface area contributed by atoms with Crippen LogP contribution in [0.15, 0.2) is 0 Å². The lowest BCUT2D eigenvalue weighted by molar-refractivity contribution is -0.533. The molecule has 0 aliphatic heterocycles. The Morgan fingerprint density at radius 3 is 2.27 bits per heavy atom. The van der Waals surface area contributed by atoms with Crippen molar-refractivity contribution in [1.82, 2.24) is 0 Å². The van der Waals surface area contributed by atoms with Crippen molar-refractivity contribution >= 4 is 5.97 Å². The van der Waals surface area contributed by atoms with Crippen molar-refractivity contribution < 1.29 is 14.8 Å². The zero-order valence-corrected chi connectivity index (χ0v) is 9.47. The van der Waals surface area contributed by atoms with Gasteiger partial charge in [0.15, 0.2) is 0 Å². The van der Waals surface area contributed by atoms with Gasteiger partial charge in [-0.2, -0.15) is 0 Å².